The van der Waals surface area contributed by atoms with E-state index in [0.29, 0.717) is 17.6 Å². The number of amides is 1. The van der Waals surface area contributed by atoms with E-state index in [1.54, 1.807) is 23.1 Å². The van der Waals surface area contributed by atoms with Gasteiger partial charge in [-0.3, -0.25) is 9.78 Å². The molecule has 1 N–H and O–H groups in total. The number of carboxylic acids is 1. The number of fused-ring (bicyclic) bond motifs is 1. The van der Waals surface area contributed by atoms with Crippen LogP contribution in [0.5, 0.6) is 0 Å². The molecule has 2 aromatic rings. The van der Waals surface area contributed by atoms with Crippen LogP contribution in [-0.4, -0.2) is 49.1 Å². The topological polar surface area (TPSA) is 87.8 Å². The van der Waals surface area contributed by atoms with Crippen LogP contribution in [0.25, 0.3) is 5.52 Å². The molecule has 1 amide bonds. The van der Waals surface area contributed by atoms with E-state index in [2.05, 4.69) is 10.1 Å². The number of aromatic nitrogens is 3. The highest BCUT2D eigenvalue weighted by molar-refractivity contribution is 6.02. The Morgan fingerprint density at radius 2 is 2.19 bits per heavy atom. The summed E-state index contributed by atoms with van der Waals surface area (Å²) in [6.07, 6.45) is 7.89. The van der Waals surface area contributed by atoms with Crippen LogP contribution >= 0.6 is 0 Å². The van der Waals surface area contributed by atoms with Crippen LogP contribution in [0, 0.1) is 5.92 Å². The predicted molar refractivity (Wildman–Crippen MR) is 73.8 cm³/mol. The quantitative estimate of drug-likeness (QED) is 0.892. The Kier molecular flexibility index (Phi) is 3.32. The lowest BCUT2D eigenvalue weighted by molar-refractivity contribution is -0.145. The lowest BCUT2D eigenvalue weighted by Crippen LogP contribution is -2.51. The number of carbonyl (C=O) groups is 2. The maximum atomic E-state index is 12.7. The zero-order valence-electron chi connectivity index (χ0n) is 11.6. The second-order valence-corrected chi connectivity index (χ2v) is 5.37. The van der Waals surface area contributed by atoms with Crippen LogP contribution in [0.2, 0.25) is 0 Å². The molecule has 1 aliphatic heterocycles. The second-order valence-electron chi connectivity index (χ2n) is 5.37. The third-order valence-electron chi connectivity index (χ3n) is 4.00. The highest BCUT2D eigenvalue weighted by atomic mass is 16.4. The molecule has 21 heavy (non-hydrogen) atoms. The summed E-state index contributed by atoms with van der Waals surface area (Å²) in [7, 11) is 0. The van der Waals surface area contributed by atoms with Crippen molar-refractivity contribution in [3.63, 3.8) is 0 Å². The van der Waals surface area contributed by atoms with Gasteiger partial charge in [-0.05, 0) is 18.8 Å². The van der Waals surface area contributed by atoms with Gasteiger partial charge in [0.25, 0.3) is 5.91 Å². The van der Waals surface area contributed by atoms with E-state index in [0.717, 1.165) is 12.8 Å². The first-order chi connectivity index (χ1) is 10.1. The van der Waals surface area contributed by atoms with Gasteiger partial charge in [0.05, 0.1) is 23.5 Å². The average molecular weight is 288 g/mol. The highest BCUT2D eigenvalue weighted by Gasteiger charge is 2.38. The molecule has 0 spiro atoms. The molecule has 3 rings (SSSR count). The van der Waals surface area contributed by atoms with Gasteiger partial charge in [-0.1, -0.05) is 6.92 Å². The van der Waals surface area contributed by atoms with Gasteiger partial charge in [0.15, 0.2) is 0 Å². The number of rotatable bonds is 2. The lowest BCUT2D eigenvalue weighted by Gasteiger charge is -2.37. The van der Waals surface area contributed by atoms with Crippen molar-refractivity contribution in [3.05, 3.63) is 30.4 Å². The van der Waals surface area contributed by atoms with Crippen molar-refractivity contribution >= 4 is 17.4 Å². The third-order valence-corrected chi connectivity index (χ3v) is 4.00. The highest BCUT2D eigenvalue weighted by Crippen LogP contribution is 2.26. The van der Waals surface area contributed by atoms with E-state index in [-0.39, 0.29) is 11.8 Å². The molecule has 0 radical (unpaired) electrons. The first-order valence-corrected chi connectivity index (χ1v) is 6.90. The largest absolute Gasteiger partial charge is 0.480 e. The number of piperidine rings is 1. The standard InChI is InChI=1S/C14H16N4O3/c1-9-3-2-5-17(12(9)14(20)21)13(19)10-7-16-18-6-4-15-8-11(10)18/h4,6-9,12H,2-3,5H2,1H3,(H,20,21). The Hall–Kier alpha value is -2.44. The fraction of sp³-hybridized carbons (Fsp3) is 0.429. The summed E-state index contributed by atoms with van der Waals surface area (Å²) in [4.78, 5) is 29.6. The van der Waals surface area contributed by atoms with E-state index in [4.69, 9.17) is 0 Å². The maximum Gasteiger partial charge on any atom is 0.326 e. The zero-order valence-corrected chi connectivity index (χ0v) is 11.6. The van der Waals surface area contributed by atoms with E-state index < -0.39 is 12.0 Å². The smallest absolute Gasteiger partial charge is 0.326 e. The van der Waals surface area contributed by atoms with Crippen molar-refractivity contribution in [3.8, 4) is 0 Å². The van der Waals surface area contributed by atoms with E-state index in [1.165, 1.54) is 11.1 Å². The first-order valence-electron chi connectivity index (χ1n) is 6.90. The molecule has 1 fully saturated rings. The monoisotopic (exact) mass is 288 g/mol. The van der Waals surface area contributed by atoms with Gasteiger partial charge < -0.3 is 10.0 Å². The SMILES string of the molecule is CC1CCCN(C(=O)c2cnn3ccncc23)C1C(=O)O. The van der Waals surface area contributed by atoms with E-state index in [9.17, 15) is 14.7 Å². The average Bonchev–Trinajstić information content (AvgIpc) is 2.89. The summed E-state index contributed by atoms with van der Waals surface area (Å²) in [5.41, 5.74) is 0.980. The first kappa shape index (κ1) is 13.5. The van der Waals surface area contributed by atoms with Gasteiger partial charge >= 0.3 is 5.97 Å². The van der Waals surface area contributed by atoms with Crippen molar-refractivity contribution in [2.24, 2.45) is 5.92 Å². The summed E-state index contributed by atoms with van der Waals surface area (Å²) < 4.78 is 1.56. The summed E-state index contributed by atoms with van der Waals surface area (Å²) in [5.74, 6) is -1.30. The Morgan fingerprint density at radius 1 is 1.38 bits per heavy atom. The van der Waals surface area contributed by atoms with Crippen molar-refractivity contribution in [1.82, 2.24) is 19.5 Å². The molecular weight excluding hydrogens is 272 g/mol. The molecule has 2 unspecified atom stereocenters. The predicted octanol–water partition coefficient (Wildman–Crippen LogP) is 1.05. The van der Waals surface area contributed by atoms with Crippen LogP contribution in [0.1, 0.15) is 30.1 Å². The molecule has 0 aromatic carbocycles. The van der Waals surface area contributed by atoms with Crippen LogP contribution in [0.3, 0.4) is 0 Å². The number of aliphatic carboxylic acids is 1. The minimum Gasteiger partial charge on any atom is -0.480 e. The Balaban J connectivity index is 1.98. The fourth-order valence-corrected chi connectivity index (χ4v) is 2.95. The Labute approximate surface area is 121 Å². The van der Waals surface area contributed by atoms with Gasteiger partial charge in [0, 0.05) is 18.9 Å². The maximum absolute atomic E-state index is 12.7. The summed E-state index contributed by atoms with van der Waals surface area (Å²) >= 11 is 0. The van der Waals surface area contributed by atoms with Gasteiger partial charge in [-0.25, -0.2) is 9.31 Å². The second kappa shape index (κ2) is 5.16. The van der Waals surface area contributed by atoms with Gasteiger partial charge in [0.1, 0.15) is 6.04 Å². The Morgan fingerprint density at radius 3 is 2.95 bits per heavy atom. The number of carbonyl (C=O) groups excluding carboxylic acids is 1. The third kappa shape index (κ3) is 2.24. The molecule has 0 saturated carbocycles. The number of likely N-dealkylation sites (tertiary alicyclic amines) is 1. The van der Waals surface area contributed by atoms with Crippen LogP contribution in [0.4, 0.5) is 0 Å². The van der Waals surface area contributed by atoms with Crippen molar-refractivity contribution in [1.29, 1.82) is 0 Å². The van der Waals surface area contributed by atoms with Crippen molar-refractivity contribution in [2.75, 3.05) is 6.54 Å². The molecule has 1 saturated heterocycles. The summed E-state index contributed by atoms with van der Waals surface area (Å²) in [6.45, 7) is 2.33. The summed E-state index contributed by atoms with van der Waals surface area (Å²) in [6, 6.07) is -0.780. The normalized spacial score (nSPS) is 22.4. The fourth-order valence-electron chi connectivity index (χ4n) is 2.95. The zero-order chi connectivity index (χ0) is 15.0. The molecule has 110 valence electrons. The molecule has 0 bridgehead atoms. The molecule has 7 heteroatoms. The van der Waals surface area contributed by atoms with E-state index in [1.807, 2.05) is 6.92 Å². The molecule has 1 aliphatic rings. The molecular formula is C14H16N4O3. The summed E-state index contributed by atoms with van der Waals surface area (Å²) in [5, 5.41) is 13.5. The molecule has 2 aromatic heterocycles. The molecule has 3 heterocycles. The number of carboxylic acid groups (broad SMARTS) is 1. The number of hydrogen-bond donors (Lipinski definition) is 1. The van der Waals surface area contributed by atoms with Crippen LogP contribution < -0.4 is 0 Å². The van der Waals surface area contributed by atoms with Gasteiger partial charge in [-0.2, -0.15) is 5.10 Å². The number of hydrogen-bond acceptors (Lipinski definition) is 4. The van der Waals surface area contributed by atoms with E-state index >= 15 is 0 Å². The van der Waals surface area contributed by atoms with Crippen molar-refractivity contribution < 1.29 is 14.7 Å². The van der Waals surface area contributed by atoms with Crippen molar-refractivity contribution in [2.45, 2.75) is 25.8 Å². The Bertz CT molecular complexity index is 696. The molecule has 7 nitrogen and oxygen atoms in total. The minimum atomic E-state index is -0.954. The van der Waals surface area contributed by atoms with Crippen LogP contribution in [0.15, 0.2) is 24.8 Å². The minimum absolute atomic E-state index is 0.0554. The van der Waals surface area contributed by atoms with Crippen LogP contribution in [-0.2, 0) is 4.79 Å². The molecule has 0 aliphatic carbocycles. The molecule has 2 atom stereocenters. The van der Waals surface area contributed by atoms with Gasteiger partial charge in [0.2, 0.25) is 0 Å². The lowest BCUT2D eigenvalue weighted by atomic mass is 9.90. The van der Waals surface area contributed by atoms with Gasteiger partial charge in [-0.15, -0.1) is 0 Å². The number of nitrogens with zero attached hydrogens (tertiary/aromatic N) is 4.